The second-order valence-electron chi connectivity index (χ2n) is 2.60. The van der Waals surface area contributed by atoms with Gasteiger partial charge in [0.05, 0.1) is 6.61 Å². The van der Waals surface area contributed by atoms with Crippen LogP contribution < -0.4 is 11.1 Å². The van der Waals surface area contributed by atoms with Gasteiger partial charge in [0.1, 0.15) is 0 Å². The van der Waals surface area contributed by atoms with Crippen LogP contribution >= 0.6 is 0 Å². The first-order valence-corrected chi connectivity index (χ1v) is 3.77. The van der Waals surface area contributed by atoms with Gasteiger partial charge in [-0.2, -0.15) is 0 Å². The van der Waals surface area contributed by atoms with Gasteiger partial charge < -0.3 is 21.1 Å². The molecule has 0 aromatic carbocycles. The number of aliphatic hydroxyl groups excluding tert-OH is 1. The quantitative estimate of drug-likeness (QED) is 0.451. The highest BCUT2D eigenvalue weighted by Gasteiger charge is 1.77. The van der Waals surface area contributed by atoms with Crippen LogP contribution in [0.25, 0.3) is 0 Å². The molecule has 11 heavy (non-hydrogen) atoms. The number of rotatable bonds is 4. The van der Waals surface area contributed by atoms with Crippen molar-refractivity contribution in [1.29, 1.82) is 0 Å². The van der Waals surface area contributed by atoms with E-state index in [1.54, 1.807) is 0 Å². The van der Waals surface area contributed by atoms with E-state index in [0.29, 0.717) is 13.1 Å². The molecule has 0 spiro atoms. The maximum absolute atomic E-state index is 8.19. The molecule has 0 amide bonds. The third-order valence-electron chi connectivity index (χ3n) is 0.610. The lowest BCUT2D eigenvalue weighted by atomic mass is 10.6. The van der Waals surface area contributed by atoms with E-state index in [4.69, 9.17) is 10.8 Å². The van der Waals surface area contributed by atoms with E-state index in [9.17, 15) is 0 Å². The zero-order valence-electron chi connectivity index (χ0n) is 7.80. The minimum absolute atomic E-state index is 0.194. The van der Waals surface area contributed by atoms with Crippen LogP contribution in [0.5, 0.6) is 0 Å². The van der Waals surface area contributed by atoms with Gasteiger partial charge in [-0.3, -0.25) is 0 Å². The minimum atomic E-state index is 0.194. The molecule has 0 aliphatic carbocycles. The van der Waals surface area contributed by atoms with E-state index < -0.39 is 0 Å². The van der Waals surface area contributed by atoms with Gasteiger partial charge in [0.15, 0.2) is 0 Å². The van der Waals surface area contributed by atoms with Crippen molar-refractivity contribution in [3.8, 4) is 0 Å². The molecule has 0 aliphatic heterocycles. The zero-order chi connectivity index (χ0) is 9.11. The minimum Gasteiger partial charge on any atom is -0.395 e. The fraction of sp³-hybridized carbons (Fsp3) is 1.00. The number of hydrogen-bond acceptors (Lipinski definition) is 4. The molecule has 0 rings (SSSR count). The molecule has 4 heteroatoms. The summed E-state index contributed by atoms with van der Waals surface area (Å²) in [7, 11) is 6.00. The summed E-state index contributed by atoms with van der Waals surface area (Å²) >= 11 is 0. The van der Waals surface area contributed by atoms with Crippen LogP contribution in [0.4, 0.5) is 0 Å². The summed E-state index contributed by atoms with van der Waals surface area (Å²) in [5, 5.41) is 11.1. The van der Waals surface area contributed by atoms with Gasteiger partial charge in [-0.25, -0.2) is 0 Å². The first-order chi connectivity index (χ1) is 5.15. The van der Waals surface area contributed by atoms with E-state index >= 15 is 0 Å². The molecule has 4 nitrogen and oxygen atoms in total. The van der Waals surface area contributed by atoms with Crippen LogP contribution in [0.15, 0.2) is 0 Å². The van der Waals surface area contributed by atoms with Gasteiger partial charge in [-0.05, 0) is 21.1 Å². The summed E-state index contributed by atoms with van der Waals surface area (Å²) in [6.45, 7) is 2.28. The van der Waals surface area contributed by atoms with Crippen molar-refractivity contribution in [2.45, 2.75) is 0 Å². The van der Waals surface area contributed by atoms with Crippen LogP contribution in [0, 0.1) is 0 Å². The van der Waals surface area contributed by atoms with E-state index in [1.165, 1.54) is 0 Å². The van der Waals surface area contributed by atoms with Crippen molar-refractivity contribution in [1.82, 2.24) is 10.2 Å². The van der Waals surface area contributed by atoms with Crippen molar-refractivity contribution < 1.29 is 5.11 Å². The summed E-state index contributed by atoms with van der Waals surface area (Å²) in [6, 6.07) is 0. The molecule has 0 aromatic heterocycles. The monoisotopic (exact) mass is 163 g/mol. The lowest BCUT2D eigenvalue weighted by Gasteiger charge is -1.95. The molecule has 0 aromatic rings. The highest BCUT2D eigenvalue weighted by atomic mass is 16.3. The predicted molar refractivity (Wildman–Crippen MR) is 48.6 cm³/mol. The Kier molecular flexibility index (Phi) is 15.3. The van der Waals surface area contributed by atoms with Crippen LogP contribution in [0.1, 0.15) is 0 Å². The highest BCUT2D eigenvalue weighted by molar-refractivity contribution is 4.42. The second kappa shape index (κ2) is 12.5. The predicted octanol–water partition coefficient (Wildman–Crippen LogP) is -1.30. The molecular formula is C7H21N3O. The number of hydrogen-bond donors (Lipinski definition) is 3. The Morgan fingerprint density at radius 2 is 1.73 bits per heavy atom. The largest absolute Gasteiger partial charge is 0.395 e. The molecule has 0 radical (unpaired) electrons. The smallest absolute Gasteiger partial charge is 0.0555 e. The SMILES string of the molecule is CN(C)C.NCCNCCO. The Morgan fingerprint density at radius 3 is 2.00 bits per heavy atom. The van der Waals surface area contributed by atoms with Gasteiger partial charge >= 0.3 is 0 Å². The molecule has 0 aliphatic rings. The van der Waals surface area contributed by atoms with Crippen LogP contribution in [-0.2, 0) is 0 Å². The first-order valence-electron chi connectivity index (χ1n) is 3.77. The van der Waals surface area contributed by atoms with Crippen molar-refractivity contribution in [3.05, 3.63) is 0 Å². The number of nitrogens with zero attached hydrogens (tertiary/aromatic N) is 1. The van der Waals surface area contributed by atoms with E-state index in [1.807, 2.05) is 26.0 Å². The fourth-order valence-corrected chi connectivity index (χ4v) is 0.306. The van der Waals surface area contributed by atoms with Gasteiger partial charge in [-0.1, -0.05) is 0 Å². The number of aliphatic hydroxyl groups is 1. The Hall–Kier alpha value is -0.160. The maximum atomic E-state index is 8.19. The Bertz CT molecular complexity index is 52.9. The zero-order valence-corrected chi connectivity index (χ0v) is 7.80. The normalized spacial score (nSPS) is 9.27. The van der Waals surface area contributed by atoms with Crippen molar-refractivity contribution in [3.63, 3.8) is 0 Å². The Balaban J connectivity index is 0. The first kappa shape index (κ1) is 13.4. The summed E-state index contributed by atoms with van der Waals surface area (Å²) in [5.41, 5.74) is 5.13. The molecule has 4 N–H and O–H groups in total. The summed E-state index contributed by atoms with van der Waals surface area (Å²) in [5.74, 6) is 0. The van der Waals surface area contributed by atoms with Gasteiger partial charge in [0, 0.05) is 19.6 Å². The summed E-state index contributed by atoms with van der Waals surface area (Å²) in [4.78, 5) is 2.00. The third kappa shape index (κ3) is 41.0. The van der Waals surface area contributed by atoms with Gasteiger partial charge in [0.2, 0.25) is 0 Å². The van der Waals surface area contributed by atoms with Crippen LogP contribution in [0.2, 0.25) is 0 Å². The second-order valence-corrected chi connectivity index (χ2v) is 2.60. The molecule has 0 fully saturated rings. The molecular weight excluding hydrogens is 142 g/mol. The Morgan fingerprint density at radius 1 is 1.27 bits per heavy atom. The Labute approximate surface area is 69.4 Å². The van der Waals surface area contributed by atoms with Crippen LogP contribution in [-0.4, -0.2) is 57.4 Å². The molecule has 0 saturated heterocycles. The molecule has 0 saturated carbocycles. The molecule has 0 bridgehead atoms. The summed E-state index contributed by atoms with van der Waals surface area (Å²) < 4.78 is 0. The van der Waals surface area contributed by atoms with E-state index in [2.05, 4.69) is 5.32 Å². The third-order valence-corrected chi connectivity index (χ3v) is 0.610. The fourth-order valence-electron chi connectivity index (χ4n) is 0.306. The lowest BCUT2D eigenvalue weighted by molar-refractivity contribution is 0.293. The van der Waals surface area contributed by atoms with Crippen LogP contribution in [0.3, 0.4) is 0 Å². The van der Waals surface area contributed by atoms with E-state index in [-0.39, 0.29) is 6.61 Å². The average Bonchev–Trinajstić information content (AvgIpc) is 1.88. The molecule has 0 atom stereocenters. The molecule has 70 valence electrons. The molecule has 0 unspecified atom stereocenters. The lowest BCUT2D eigenvalue weighted by Crippen LogP contribution is -2.24. The average molecular weight is 163 g/mol. The van der Waals surface area contributed by atoms with E-state index in [0.717, 1.165) is 6.54 Å². The summed E-state index contributed by atoms with van der Waals surface area (Å²) in [6.07, 6.45) is 0. The highest BCUT2D eigenvalue weighted by Crippen LogP contribution is 1.51. The molecule has 0 heterocycles. The van der Waals surface area contributed by atoms with Gasteiger partial charge in [0.25, 0.3) is 0 Å². The van der Waals surface area contributed by atoms with Crippen molar-refractivity contribution in [2.24, 2.45) is 5.73 Å². The van der Waals surface area contributed by atoms with Crippen molar-refractivity contribution in [2.75, 3.05) is 47.4 Å². The standard InChI is InChI=1S/C4H12N2O.C3H9N/c5-1-2-6-3-4-7;1-4(2)3/h6-7H,1-5H2;1-3H3. The number of nitrogens with one attached hydrogen (secondary N) is 1. The maximum Gasteiger partial charge on any atom is 0.0555 e. The van der Waals surface area contributed by atoms with Gasteiger partial charge in [-0.15, -0.1) is 0 Å². The topological polar surface area (TPSA) is 61.5 Å². The number of nitrogens with two attached hydrogens (primary N) is 1. The van der Waals surface area contributed by atoms with Crippen molar-refractivity contribution >= 4 is 0 Å².